The predicted octanol–water partition coefficient (Wildman–Crippen LogP) is 1.97. The largest absolute Gasteiger partial charge is 0.271 e. The molecule has 0 saturated heterocycles. The summed E-state index contributed by atoms with van der Waals surface area (Å²) >= 11 is 0. The fourth-order valence-electron chi connectivity index (χ4n) is 1.75. The minimum atomic E-state index is -0.256. The lowest BCUT2D eigenvalue weighted by Gasteiger charge is -2.16. The second-order valence-corrected chi connectivity index (χ2v) is 3.84. The smallest absolute Gasteiger partial charge is 0.123 e. The number of aromatic nitrogens is 1. The van der Waals surface area contributed by atoms with Gasteiger partial charge >= 0.3 is 0 Å². The van der Waals surface area contributed by atoms with E-state index < -0.39 is 0 Å². The summed E-state index contributed by atoms with van der Waals surface area (Å²) in [6, 6.07) is 10.2. The van der Waals surface area contributed by atoms with Crippen LogP contribution in [0.4, 0.5) is 4.39 Å². The highest BCUT2D eigenvalue weighted by molar-refractivity contribution is 5.23. The van der Waals surface area contributed by atoms with Gasteiger partial charge in [-0.15, -0.1) is 0 Å². The van der Waals surface area contributed by atoms with E-state index in [1.807, 2.05) is 18.2 Å². The van der Waals surface area contributed by atoms with E-state index in [0.717, 1.165) is 11.1 Å². The Morgan fingerprint density at radius 1 is 1.29 bits per heavy atom. The Balaban J connectivity index is 2.17. The highest BCUT2D eigenvalue weighted by Gasteiger charge is 2.11. The fraction of sp³-hybridized carbons (Fsp3) is 0.154. The van der Waals surface area contributed by atoms with E-state index in [-0.39, 0.29) is 11.9 Å². The van der Waals surface area contributed by atoms with Crippen molar-refractivity contribution in [2.75, 3.05) is 0 Å². The standard InChI is InChI=1S/C13H14FN3/c14-12-5-1-4-11(8-12)13(17-15)7-10-3-2-6-16-9-10/h1-6,8-9,13,17H,7,15H2. The second-order valence-electron chi connectivity index (χ2n) is 3.84. The molecule has 0 aliphatic carbocycles. The molecule has 1 heterocycles. The van der Waals surface area contributed by atoms with Crippen molar-refractivity contribution in [3.8, 4) is 0 Å². The van der Waals surface area contributed by atoms with Crippen LogP contribution in [0, 0.1) is 5.82 Å². The van der Waals surface area contributed by atoms with Crippen molar-refractivity contribution in [1.82, 2.24) is 10.4 Å². The first kappa shape index (κ1) is 11.7. The van der Waals surface area contributed by atoms with Crippen LogP contribution in [0.15, 0.2) is 48.8 Å². The summed E-state index contributed by atoms with van der Waals surface area (Å²) in [5.41, 5.74) is 4.58. The minimum Gasteiger partial charge on any atom is -0.271 e. The molecule has 0 aliphatic rings. The average molecular weight is 231 g/mol. The molecule has 88 valence electrons. The molecule has 3 nitrogen and oxygen atoms in total. The van der Waals surface area contributed by atoms with E-state index in [4.69, 9.17) is 5.84 Å². The summed E-state index contributed by atoms with van der Waals surface area (Å²) in [5.74, 6) is 5.25. The van der Waals surface area contributed by atoms with E-state index in [0.29, 0.717) is 6.42 Å². The van der Waals surface area contributed by atoms with Crippen molar-refractivity contribution in [1.29, 1.82) is 0 Å². The Kier molecular flexibility index (Phi) is 3.80. The molecule has 2 aromatic rings. The van der Waals surface area contributed by atoms with Gasteiger partial charge in [-0.1, -0.05) is 18.2 Å². The van der Waals surface area contributed by atoms with Gasteiger partial charge in [0.05, 0.1) is 6.04 Å². The van der Waals surface area contributed by atoms with Crippen LogP contribution in [0.5, 0.6) is 0 Å². The zero-order chi connectivity index (χ0) is 12.1. The molecular weight excluding hydrogens is 217 g/mol. The third kappa shape index (κ3) is 3.09. The van der Waals surface area contributed by atoms with Gasteiger partial charge in [-0.05, 0) is 35.7 Å². The molecule has 2 rings (SSSR count). The highest BCUT2D eigenvalue weighted by atomic mass is 19.1. The number of hydrogen-bond acceptors (Lipinski definition) is 3. The first-order valence-corrected chi connectivity index (χ1v) is 5.40. The van der Waals surface area contributed by atoms with Crippen LogP contribution in [-0.4, -0.2) is 4.98 Å². The van der Waals surface area contributed by atoms with Crippen LogP contribution < -0.4 is 11.3 Å². The maximum atomic E-state index is 13.1. The maximum absolute atomic E-state index is 13.1. The first-order valence-electron chi connectivity index (χ1n) is 5.40. The van der Waals surface area contributed by atoms with Crippen molar-refractivity contribution in [3.63, 3.8) is 0 Å². The normalized spacial score (nSPS) is 12.4. The number of hydrazine groups is 1. The third-order valence-corrected chi connectivity index (χ3v) is 2.61. The van der Waals surface area contributed by atoms with Crippen LogP contribution in [0.1, 0.15) is 17.2 Å². The highest BCUT2D eigenvalue weighted by Crippen LogP contribution is 2.17. The molecule has 0 radical (unpaired) electrons. The SMILES string of the molecule is NNC(Cc1cccnc1)c1cccc(F)c1. The molecule has 0 saturated carbocycles. The monoisotopic (exact) mass is 231 g/mol. The lowest BCUT2D eigenvalue weighted by atomic mass is 10.0. The Labute approximate surface area is 99.5 Å². The van der Waals surface area contributed by atoms with Crippen molar-refractivity contribution in [3.05, 3.63) is 65.7 Å². The summed E-state index contributed by atoms with van der Waals surface area (Å²) < 4.78 is 13.1. The number of nitrogens with two attached hydrogens (primary N) is 1. The quantitative estimate of drug-likeness (QED) is 0.624. The predicted molar refractivity (Wildman–Crippen MR) is 64.4 cm³/mol. The zero-order valence-electron chi connectivity index (χ0n) is 9.31. The van der Waals surface area contributed by atoms with Crippen molar-refractivity contribution in [2.45, 2.75) is 12.5 Å². The van der Waals surface area contributed by atoms with Crippen LogP contribution in [0.3, 0.4) is 0 Å². The summed E-state index contributed by atoms with van der Waals surface area (Å²) in [5, 5.41) is 0. The zero-order valence-corrected chi connectivity index (χ0v) is 9.31. The lowest BCUT2D eigenvalue weighted by molar-refractivity contribution is 0.544. The van der Waals surface area contributed by atoms with E-state index in [1.165, 1.54) is 12.1 Å². The van der Waals surface area contributed by atoms with E-state index >= 15 is 0 Å². The van der Waals surface area contributed by atoms with Gasteiger partial charge in [-0.3, -0.25) is 16.3 Å². The fourth-order valence-corrected chi connectivity index (χ4v) is 1.75. The van der Waals surface area contributed by atoms with Gasteiger partial charge < -0.3 is 0 Å². The molecule has 1 atom stereocenters. The van der Waals surface area contributed by atoms with E-state index in [2.05, 4.69) is 10.4 Å². The average Bonchev–Trinajstić information content (AvgIpc) is 2.37. The van der Waals surface area contributed by atoms with Gasteiger partial charge in [0.15, 0.2) is 0 Å². The third-order valence-electron chi connectivity index (χ3n) is 2.61. The van der Waals surface area contributed by atoms with Gasteiger partial charge in [0.1, 0.15) is 5.82 Å². The Morgan fingerprint density at radius 3 is 2.82 bits per heavy atom. The number of benzene rings is 1. The molecule has 1 aromatic carbocycles. The Morgan fingerprint density at radius 2 is 2.18 bits per heavy atom. The molecular formula is C13H14FN3. The Bertz CT molecular complexity index is 473. The number of rotatable bonds is 4. The molecule has 0 fully saturated rings. The molecule has 0 amide bonds. The number of halogens is 1. The van der Waals surface area contributed by atoms with E-state index in [9.17, 15) is 4.39 Å². The Hall–Kier alpha value is -1.78. The summed E-state index contributed by atoms with van der Waals surface area (Å²) in [6.45, 7) is 0. The molecule has 0 bridgehead atoms. The van der Waals surface area contributed by atoms with Crippen molar-refractivity contribution >= 4 is 0 Å². The van der Waals surface area contributed by atoms with Crippen LogP contribution in [0.25, 0.3) is 0 Å². The lowest BCUT2D eigenvalue weighted by Crippen LogP contribution is -2.29. The second kappa shape index (κ2) is 5.52. The molecule has 4 heteroatoms. The topological polar surface area (TPSA) is 50.9 Å². The van der Waals surface area contributed by atoms with Gasteiger partial charge in [0.2, 0.25) is 0 Å². The molecule has 0 aliphatic heterocycles. The van der Waals surface area contributed by atoms with Crippen LogP contribution >= 0.6 is 0 Å². The maximum Gasteiger partial charge on any atom is 0.123 e. The van der Waals surface area contributed by atoms with Crippen LogP contribution in [-0.2, 0) is 6.42 Å². The summed E-state index contributed by atoms with van der Waals surface area (Å²) in [7, 11) is 0. The summed E-state index contributed by atoms with van der Waals surface area (Å²) in [6.07, 6.45) is 4.17. The number of hydrogen-bond donors (Lipinski definition) is 2. The van der Waals surface area contributed by atoms with Crippen molar-refractivity contribution < 1.29 is 4.39 Å². The molecule has 3 N–H and O–H groups in total. The molecule has 1 unspecified atom stereocenters. The molecule has 1 aromatic heterocycles. The van der Waals surface area contributed by atoms with Gasteiger partial charge in [-0.2, -0.15) is 0 Å². The van der Waals surface area contributed by atoms with Gasteiger partial charge in [-0.25, -0.2) is 4.39 Å². The first-order chi connectivity index (χ1) is 8.29. The molecule has 17 heavy (non-hydrogen) atoms. The molecule has 0 spiro atoms. The van der Waals surface area contributed by atoms with Crippen LogP contribution in [0.2, 0.25) is 0 Å². The van der Waals surface area contributed by atoms with Crippen molar-refractivity contribution in [2.24, 2.45) is 5.84 Å². The number of pyridine rings is 1. The summed E-state index contributed by atoms with van der Waals surface area (Å²) in [4.78, 5) is 4.04. The van der Waals surface area contributed by atoms with E-state index in [1.54, 1.807) is 18.5 Å². The minimum absolute atomic E-state index is 0.116. The van der Waals surface area contributed by atoms with Gasteiger partial charge in [0, 0.05) is 12.4 Å². The number of nitrogens with zero attached hydrogens (tertiary/aromatic N) is 1. The van der Waals surface area contributed by atoms with Gasteiger partial charge in [0.25, 0.3) is 0 Å². The number of nitrogens with one attached hydrogen (secondary N) is 1.